The van der Waals surface area contributed by atoms with Crippen molar-refractivity contribution in [2.75, 3.05) is 6.54 Å². The molecular formula is C24H23N3O7S. The van der Waals surface area contributed by atoms with Gasteiger partial charge in [0, 0.05) is 30.0 Å². The molecule has 11 heteroatoms. The summed E-state index contributed by atoms with van der Waals surface area (Å²) >= 11 is 0. The van der Waals surface area contributed by atoms with Crippen molar-refractivity contribution >= 4 is 38.7 Å². The van der Waals surface area contributed by atoms with E-state index in [2.05, 4.69) is 4.72 Å². The molecule has 0 radical (unpaired) electrons. The summed E-state index contributed by atoms with van der Waals surface area (Å²) in [5.74, 6) is -1.19. The molecule has 2 heterocycles. The highest BCUT2D eigenvalue weighted by Gasteiger charge is 2.36. The van der Waals surface area contributed by atoms with E-state index in [0.717, 1.165) is 47.3 Å². The quantitative estimate of drug-likeness (QED) is 0.258. The molecule has 3 N–H and O–H groups in total. The van der Waals surface area contributed by atoms with Crippen molar-refractivity contribution in [3.63, 3.8) is 0 Å². The number of hydrogen-bond donors (Lipinski definition) is 3. The lowest BCUT2D eigenvalue weighted by Gasteiger charge is -2.20. The van der Waals surface area contributed by atoms with Crippen LogP contribution >= 0.6 is 0 Å². The van der Waals surface area contributed by atoms with Crippen LogP contribution in [0.2, 0.25) is 0 Å². The molecule has 182 valence electrons. The molecule has 0 fully saturated rings. The molecule has 2 aromatic carbocycles. The molecule has 0 bridgehead atoms. The lowest BCUT2D eigenvalue weighted by Crippen LogP contribution is -2.47. The van der Waals surface area contributed by atoms with E-state index in [1.165, 1.54) is 29.7 Å². The van der Waals surface area contributed by atoms with Crippen LogP contribution in [-0.4, -0.2) is 48.8 Å². The van der Waals surface area contributed by atoms with Crippen molar-refractivity contribution in [2.24, 2.45) is 0 Å². The van der Waals surface area contributed by atoms with Crippen molar-refractivity contribution < 1.29 is 32.4 Å². The Balaban J connectivity index is 1.35. The van der Waals surface area contributed by atoms with Crippen molar-refractivity contribution in [1.82, 2.24) is 15.1 Å². The number of sulfonamides is 1. The van der Waals surface area contributed by atoms with Gasteiger partial charge in [-0.25, -0.2) is 13.9 Å². The molecule has 0 spiro atoms. The summed E-state index contributed by atoms with van der Waals surface area (Å²) in [7, 11) is -4.20. The summed E-state index contributed by atoms with van der Waals surface area (Å²) in [5, 5.41) is 10.0. The van der Waals surface area contributed by atoms with E-state index in [9.17, 15) is 22.8 Å². The van der Waals surface area contributed by atoms with Gasteiger partial charge in [0.2, 0.25) is 10.0 Å². The van der Waals surface area contributed by atoms with E-state index in [0.29, 0.717) is 5.58 Å². The highest BCUT2D eigenvalue weighted by molar-refractivity contribution is 7.89. The number of fused-ring (bicyclic) bond motifs is 4. The van der Waals surface area contributed by atoms with Gasteiger partial charge in [0.1, 0.15) is 17.4 Å². The topological polar surface area (TPSA) is 146 Å². The van der Waals surface area contributed by atoms with Crippen molar-refractivity contribution in [2.45, 2.75) is 43.0 Å². The van der Waals surface area contributed by atoms with Crippen molar-refractivity contribution in [3.05, 3.63) is 64.9 Å². The second-order valence-electron chi connectivity index (χ2n) is 8.61. The maximum absolute atomic E-state index is 13.1. The van der Waals surface area contributed by atoms with Gasteiger partial charge in [0.25, 0.3) is 17.7 Å². The molecule has 1 aliphatic carbocycles. The summed E-state index contributed by atoms with van der Waals surface area (Å²) in [6.07, 6.45) is 3.51. The summed E-state index contributed by atoms with van der Waals surface area (Å²) in [6.45, 7) is -0.225. The summed E-state index contributed by atoms with van der Waals surface area (Å²) in [6, 6.07) is 9.43. The first-order valence-electron chi connectivity index (χ1n) is 11.3. The number of nitrogens with one attached hydrogen (secondary N) is 2. The number of nitrogens with zero attached hydrogens (tertiary/aromatic N) is 1. The molecule has 3 aromatic rings. The smallest absolute Gasteiger partial charge is 0.261 e. The highest BCUT2D eigenvalue weighted by Crippen LogP contribution is 2.33. The fourth-order valence-electron chi connectivity index (χ4n) is 4.69. The zero-order valence-electron chi connectivity index (χ0n) is 18.6. The molecule has 0 saturated carbocycles. The van der Waals surface area contributed by atoms with Crippen LogP contribution in [0.5, 0.6) is 0 Å². The lowest BCUT2D eigenvalue weighted by molar-refractivity contribution is -0.131. The first kappa shape index (κ1) is 23.2. The third-order valence-electron chi connectivity index (χ3n) is 6.48. The van der Waals surface area contributed by atoms with Crippen molar-refractivity contribution in [1.29, 1.82) is 0 Å². The summed E-state index contributed by atoms with van der Waals surface area (Å²) in [4.78, 5) is 38.3. The Labute approximate surface area is 200 Å². The molecular weight excluding hydrogens is 474 g/mol. The van der Waals surface area contributed by atoms with E-state index >= 15 is 0 Å². The third-order valence-corrected chi connectivity index (χ3v) is 7.95. The van der Waals surface area contributed by atoms with E-state index in [4.69, 9.17) is 9.62 Å². The number of hydroxylamine groups is 1. The van der Waals surface area contributed by atoms with Crippen molar-refractivity contribution in [3.8, 4) is 0 Å². The maximum Gasteiger partial charge on any atom is 0.261 e. The van der Waals surface area contributed by atoms with Gasteiger partial charge in [-0.15, -0.1) is 0 Å². The van der Waals surface area contributed by atoms with Gasteiger partial charge >= 0.3 is 0 Å². The lowest BCUT2D eigenvalue weighted by atomic mass is 9.96. The zero-order chi connectivity index (χ0) is 24.7. The number of furan rings is 1. The van der Waals surface area contributed by atoms with Gasteiger partial charge in [-0.3, -0.25) is 24.5 Å². The Bertz CT molecular complexity index is 1430. The van der Waals surface area contributed by atoms with Gasteiger partial charge in [0.05, 0.1) is 16.0 Å². The predicted octanol–water partition coefficient (Wildman–Crippen LogP) is 2.15. The Morgan fingerprint density at radius 1 is 1.06 bits per heavy atom. The largest absolute Gasteiger partial charge is 0.461 e. The predicted molar refractivity (Wildman–Crippen MR) is 123 cm³/mol. The van der Waals surface area contributed by atoms with Crippen LogP contribution in [0.1, 0.15) is 51.3 Å². The minimum atomic E-state index is -4.20. The number of rotatable bonds is 7. The fourth-order valence-corrected chi connectivity index (χ4v) is 5.93. The van der Waals surface area contributed by atoms with Gasteiger partial charge in [-0.05, 0) is 49.9 Å². The molecule has 0 saturated heterocycles. The average Bonchev–Trinajstić information content (AvgIpc) is 3.36. The molecule has 1 aromatic heterocycles. The summed E-state index contributed by atoms with van der Waals surface area (Å²) < 4.78 is 34.3. The number of benzene rings is 2. The molecule has 1 atom stereocenters. The van der Waals surface area contributed by atoms with Crippen LogP contribution in [-0.2, 0) is 27.7 Å². The SMILES string of the molecule is O=C(NO)C(CCN1C(=O)c2ccccc2C1=O)NS(=O)(=O)c1ccc2c3c(oc2c1)CCCC3. The van der Waals surface area contributed by atoms with Crippen LogP contribution in [0.4, 0.5) is 0 Å². The average molecular weight is 498 g/mol. The second-order valence-corrected chi connectivity index (χ2v) is 10.3. The molecule has 3 amide bonds. The molecule has 2 aliphatic rings. The Kier molecular flexibility index (Phi) is 5.91. The molecule has 1 unspecified atom stereocenters. The first-order valence-corrected chi connectivity index (χ1v) is 12.7. The second kappa shape index (κ2) is 8.91. The van der Waals surface area contributed by atoms with Gasteiger partial charge in [0.15, 0.2) is 0 Å². The van der Waals surface area contributed by atoms with Crippen LogP contribution in [0.25, 0.3) is 11.0 Å². The number of carbonyl (C=O) groups is 3. The Morgan fingerprint density at radius 3 is 2.43 bits per heavy atom. The standard InChI is InChI=1S/C24H23N3O7S/c28-22(25-31)19(11-12-27-23(29)17-6-1-2-7-18(17)24(27)30)26-35(32,33)14-9-10-16-15-5-3-4-8-20(15)34-21(16)13-14/h1-2,6-7,9-10,13,19,26,31H,3-5,8,11-12H2,(H,25,28). The van der Waals surface area contributed by atoms with Gasteiger partial charge in [-0.2, -0.15) is 4.72 Å². The number of carbonyl (C=O) groups excluding carboxylic acids is 3. The van der Waals surface area contributed by atoms with E-state index in [-0.39, 0.29) is 29.0 Å². The van der Waals surface area contributed by atoms with E-state index < -0.39 is 33.8 Å². The van der Waals surface area contributed by atoms with Crippen LogP contribution in [0.3, 0.4) is 0 Å². The number of aryl methyl sites for hydroxylation is 2. The number of amides is 3. The monoisotopic (exact) mass is 497 g/mol. The van der Waals surface area contributed by atoms with Crippen LogP contribution in [0, 0.1) is 0 Å². The van der Waals surface area contributed by atoms with Crippen LogP contribution in [0.15, 0.2) is 51.8 Å². The summed E-state index contributed by atoms with van der Waals surface area (Å²) in [5.41, 5.74) is 3.49. The first-order chi connectivity index (χ1) is 16.8. The molecule has 5 rings (SSSR count). The van der Waals surface area contributed by atoms with E-state index in [1.807, 2.05) is 0 Å². The molecule has 35 heavy (non-hydrogen) atoms. The molecule has 1 aliphatic heterocycles. The minimum Gasteiger partial charge on any atom is -0.461 e. The number of imide groups is 1. The molecule has 10 nitrogen and oxygen atoms in total. The van der Waals surface area contributed by atoms with Gasteiger partial charge in [-0.1, -0.05) is 12.1 Å². The normalized spacial score (nSPS) is 16.3. The Morgan fingerprint density at radius 2 is 1.74 bits per heavy atom. The minimum absolute atomic E-state index is 0.104. The zero-order valence-corrected chi connectivity index (χ0v) is 19.4. The van der Waals surface area contributed by atoms with E-state index in [1.54, 1.807) is 18.2 Å². The van der Waals surface area contributed by atoms with Gasteiger partial charge < -0.3 is 4.42 Å². The fraction of sp³-hybridized carbons (Fsp3) is 0.292. The van der Waals surface area contributed by atoms with Crippen LogP contribution < -0.4 is 10.2 Å². The number of hydrogen-bond acceptors (Lipinski definition) is 7. The maximum atomic E-state index is 13.1. The highest BCUT2D eigenvalue weighted by atomic mass is 32.2. The Hall–Kier alpha value is -3.54. The third kappa shape index (κ3) is 4.11.